The van der Waals surface area contributed by atoms with Crippen molar-refractivity contribution in [2.75, 3.05) is 33.4 Å². The Morgan fingerprint density at radius 3 is 2.70 bits per heavy atom. The van der Waals surface area contributed by atoms with Gasteiger partial charge in [-0.1, -0.05) is 12.1 Å². The van der Waals surface area contributed by atoms with E-state index in [2.05, 4.69) is 17.4 Å². The third kappa shape index (κ3) is 2.16. The van der Waals surface area contributed by atoms with Crippen LogP contribution in [0.15, 0.2) is 4.52 Å². The maximum Gasteiger partial charge on any atom is 0.234 e. The van der Waals surface area contributed by atoms with Crippen LogP contribution in [0.25, 0.3) is 0 Å². The highest BCUT2D eigenvalue weighted by molar-refractivity contribution is 5.12. The van der Waals surface area contributed by atoms with Gasteiger partial charge >= 0.3 is 0 Å². The molecule has 0 amide bonds. The maximum absolute atomic E-state index is 5.73. The molecule has 2 saturated heterocycles. The molecular formula is C14H23N3O3. The summed E-state index contributed by atoms with van der Waals surface area (Å²) in [6, 6.07) is 0. The van der Waals surface area contributed by atoms with Crippen LogP contribution < -0.4 is 5.32 Å². The Morgan fingerprint density at radius 2 is 2.10 bits per heavy atom. The summed E-state index contributed by atoms with van der Waals surface area (Å²) in [6.07, 6.45) is 3.61. The molecule has 2 aliphatic heterocycles. The Balaban J connectivity index is 1.89. The smallest absolute Gasteiger partial charge is 0.234 e. The topological polar surface area (TPSA) is 69.4 Å². The normalized spacial score (nSPS) is 29.7. The summed E-state index contributed by atoms with van der Waals surface area (Å²) in [6.45, 7) is 5.46. The highest BCUT2D eigenvalue weighted by atomic mass is 16.5. The average Bonchev–Trinajstić information content (AvgIpc) is 3.17. The van der Waals surface area contributed by atoms with Crippen LogP contribution in [0.4, 0.5) is 0 Å². The van der Waals surface area contributed by atoms with E-state index in [0.29, 0.717) is 19.0 Å². The number of hydrogen-bond donors (Lipinski definition) is 1. The van der Waals surface area contributed by atoms with Crippen LogP contribution in [0.2, 0.25) is 0 Å². The lowest BCUT2D eigenvalue weighted by molar-refractivity contribution is -0.101. The summed E-state index contributed by atoms with van der Waals surface area (Å²) in [5.41, 5.74) is -0.452. The summed E-state index contributed by atoms with van der Waals surface area (Å²) in [4.78, 5) is 4.70. The zero-order chi connectivity index (χ0) is 14.1. The first kappa shape index (κ1) is 14.0. The highest BCUT2D eigenvalue weighted by Crippen LogP contribution is 2.37. The van der Waals surface area contributed by atoms with Gasteiger partial charge in [-0.25, -0.2) is 0 Å². The first-order valence-electron chi connectivity index (χ1n) is 7.43. The van der Waals surface area contributed by atoms with Crippen molar-refractivity contribution < 1.29 is 14.0 Å². The Hall–Kier alpha value is -0.980. The Morgan fingerprint density at radius 1 is 1.30 bits per heavy atom. The molecule has 6 nitrogen and oxygen atoms in total. The Kier molecular flexibility index (Phi) is 3.79. The maximum atomic E-state index is 5.73. The van der Waals surface area contributed by atoms with Crippen molar-refractivity contribution >= 4 is 0 Å². The SMILES string of the molecule is CCC1(c2nc(C3(OC)CCOCC3)no2)CCNC1. The molecular weight excluding hydrogens is 258 g/mol. The van der Waals surface area contributed by atoms with Gasteiger partial charge in [0, 0.05) is 39.7 Å². The lowest BCUT2D eigenvalue weighted by atomic mass is 9.84. The van der Waals surface area contributed by atoms with Gasteiger partial charge in [0.1, 0.15) is 5.60 Å². The predicted molar refractivity (Wildman–Crippen MR) is 72.5 cm³/mol. The number of aromatic nitrogens is 2. The van der Waals surface area contributed by atoms with Gasteiger partial charge in [0.25, 0.3) is 0 Å². The van der Waals surface area contributed by atoms with E-state index in [1.165, 1.54) is 0 Å². The molecule has 0 radical (unpaired) electrons. The number of methoxy groups -OCH3 is 1. The average molecular weight is 281 g/mol. The molecule has 0 saturated carbocycles. The molecule has 0 aliphatic carbocycles. The molecule has 1 unspecified atom stereocenters. The summed E-state index contributed by atoms with van der Waals surface area (Å²) >= 11 is 0. The number of nitrogens with one attached hydrogen (secondary N) is 1. The number of hydrogen-bond acceptors (Lipinski definition) is 6. The molecule has 2 fully saturated rings. The van der Waals surface area contributed by atoms with E-state index < -0.39 is 5.60 Å². The van der Waals surface area contributed by atoms with Gasteiger partial charge in [-0.3, -0.25) is 0 Å². The summed E-state index contributed by atoms with van der Waals surface area (Å²) in [5.74, 6) is 1.43. The van der Waals surface area contributed by atoms with Crippen molar-refractivity contribution in [1.82, 2.24) is 15.5 Å². The summed E-state index contributed by atoms with van der Waals surface area (Å²) in [5, 5.41) is 7.62. The van der Waals surface area contributed by atoms with Gasteiger partial charge < -0.3 is 19.3 Å². The van der Waals surface area contributed by atoms with Gasteiger partial charge in [-0.2, -0.15) is 4.98 Å². The second kappa shape index (κ2) is 5.42. The lowest BCUT2D eigenvalue weighted by Gasteiger charge is -2.32. The minimum Gasteiger partial charge on any atom is -0.381 e. The van der Waals surface area contributed by atoms with Crippen molar-refractivity contribution in [3.63, 3.8) is 0 Å². The van der Waals surface area contributed by atoms with Crippen molar-refractivity contribution in [3.8, 4) is 0 Å². The van der Waals surface area contributed by atoms with Crippen LogP contribution in [0, 0.1) is 0 Å². The van der Waals surface area contributed by atoms with Gasteiger partial charge in [-0.15, -0.1) is 0 Å². The van der Waals surface area contributed by atoms with Crippen LogP contribution in [-0.4, -0.2) is 43.6 Å². The Bertz CT molecular complexity index is 448. The molecule has 0 aromatic carbocycles. The molecule has 0 bridgehead atoms. The molecule has 20 heavy (non-hydrogen) atoms. The van der Waals surface area contributed by atoms with Gasteiger partial charge in [0.15, 0.2) is 0 Å². The quantitative estimate of drug-likeness (QED) is 0.898. The lowest BCUT2D eigenvalue weighted by Crippen LogP contribution is -2.37. The van der Waals surface area contributed by atoms with E-state index in [-0.39, 0.29) is 5.41 Å². The molecule has 1 N–H and O–H groups in total. The third-order valence-electron chi connectivity index (χ3n) is 4.90. The monoisotopic (exact) mass is 281 g/mol. The van der Waals surface area contributed by atoms with Crippen LogP contribution in [0.3, 0.4) is 0 Å². The van der Waals surface area contributed by atoms with Crippen molar-refractivity contribution in [1.29, 1.82) is 0 Å². The summed E-state index contributed by atoms with van der Waals surface area (Å²) in [7, 11) is 1.72. The number of rotatable bonds is 4. The highest BCUT2D eigenvalue weighted by Gasteiger charge is 2.43. The van der Waals surface area contributed by atoms with Gasteiger partial charge in [0.2, 0.25) is 11.7 Å². The standard InChI is InChI=1S/C14H23N3O3/c1-3-13(4-7-15-10-13)12-16-11(17-20-12)14(18-2)5-8-19-9-6-14/h15H,3-10H2,1-2H3. The second-order valence-corrected chi connectivity index (χ2v) is 5.79. The van der Waals surface area contributed by atoms with E-state index >= 15 is 0 Å². The Labute approximate surface area is 119 Å². The fourth-order valence-corrected chi connectivity index (χ4v) is 3.22. The van der Waals surface area contributed by atoms with Crippen LogP contribution in [0.1, 0.15) is 44.3 Å². The van der Waals surface area contributed by atoms with Gasteiger partial charge in [0.05, 0.1) is 5.41 Å². The summed E-state index contributed by atoms with van der Waals surface area (Å²) < 4.78 is 16.7. The molecule has 0 spiro atoms. The zero-order valence-electron chi connectivity index (χ0n) is 12.3. The second-order valence-electron chi connectivity index (χ2n) is 5.79. The molecule has 1 aromatic heterocycles. The van der Waals surface area contributed by atoms with Gasteiger partial charge in [-0.05, 0) is 19.4 Å². The number of ether oxygens (including phenoxy) is 2. The van der Waals surface area contributed by atoms with Crippen LogP contribution >= 0.6 is 0 Å². The van der Waals surface area contributed by atoms with E-state index in [1.807, 2.05) is 0 Å². The van der Waals surface area contributed by atoms with E-state index in [0.717, 1.165) is 44.7 Å². The zero-order valence-corrected chi connectivity index (χ0v) is 12.3. The predicted octanol–water partition coefficient (Wildman–Crippen LogP) is 1.36. The van der Waals surface area contributed by atoms with Crippen molar-refractivity contribution in [3.05, 3.63) is 11.7 Å². The molecule has 1 atom stereocenters. The molecule has 3 rings (SSSR count). The molecule has 3 heterocycles. The van der Waals surface area contributed by atoms with Crippen molar-refractivity contribution in [2.24, 2.45) is 0 Å². The molecule has 6 heteroatoms. The first-order valence-corrected chi connectivity index (χ1v) is 7.43. The molecule has 2 aliphatic rings. The number of nitrogens with zero attached hydrogens (tertiary/aromatic N) is 2. The van der Waals surface area contributed by atoms with Crippen LogP contribution in [-0.2, 0) is 20.5 Å². The fourth-order valence-electron chi connectivity index (χ4n) is 3.22. The van der Waals surface area contributed by atoms with E-state index in [1.54, 1.807) is 7.11 Å². The van der Waals surface area contributed by atoms with E-state index in [9.17, 15) is 0 Å². The van der Waals surface area contributed by atoms with Crippen molar-refractivity contribution in [2.45, 2.75) is 43.6 Å². The third-order valence-corrected chi connectivity index (χ3v) is 4.90. The van der Waals surface area contributed by atoms with Crippen LogP contribution in [0.5, 0.6) is 0 Å². The minimum absolute atomic E-state index is 0.00858. The molecule has 112 valence electrons. The molecule has 1 aromatic rings. The fraction of sp³-hybridized carbons (Fsp3) is 0.857. The largest absolute Gasteiger partial charge is 0.381 e. The minimum atomic E-state index is -0.443. The first-order chi connectivity index (χ1) is 9.75. The van der Waals surface area contributed by atoms with E-state index in [4.69, 9.17) is 19.0 Å².